The highest BCUT2D eigenvalue weighted by Gasteiger charge is 2.28. The van der Waals surface area contributed by atoms with Crippen molar-refractivity contribution in [2.75, 3.05) is 13.1 Å². The van der Waals surface area contributed by atoms with Gasteiger partial charge in [0.15, 0.2) is 0 Å². The maximum absolute atomic E-state index is 11.1. The van der Waals surface area contributed by atoms with Crippen LogP contribution < -0.4 is 5.32 Å². The molecule has 0 unspecified atom stereocenters. The summed E-state index contributed by atoms with van der Waals surface area (Å²) in [6.45, 7) is 4.17. The molecule has 1 rings (SSSR count). The Bertz CT molecular complexity index is 304. The van der Waals surface area contributed by atoms with Crippen LogP contribution in [0.2, 0.25) is 0 Å². The van der Waals surface area contributed by atoms with Crippen LogP contribution in [-0.4, -0.2) is 29.9 Å². The summed E-state index contributed by atoms with van der Waals surface area (Å²) in [6.07, 6.45) is 0.574. The van der Waals surface area contributed by atoms with Crippen molar-refractivity contribution in [3.8, 4) is 6.07 Å². The van der Waals surface area contributed by atoms with Gasteiger partial charge in [0.25, 0.3) is 0 Å². The van der Waals surface area contributed by atoms with Gasteiger partial charge in [0.1, 0.15) is 6.54 Å². The van der Waals surface area contributed by atoms with E-state index in [0.29, 0.717) is 13.0 Å². The first-order valence-electron chi connectivity index (χ1n) is 4.45. The predicted molar refractivity (Wildman–Crippen MR) is 49.1 cm³/mol. The highest BCUT2D eigenvalue weighted by atomic mass is 16.2. The number of urea groups is 1. The molecule has 0 aliphatic carbocycles. The first-order valence-corrected chi connectivity index (χ1v) is 4.45. The van der Waals surface area contributed by atoms with Gasteiger partial charge in [-0.15, -0.1) is 0 Å². The van der Waals surface area contributed by atoms with E-state index in [4.69, 9.17) is 5.26 Å². The number of hydrogen-bond donors (Lipinski definition) is 1. The second-order valence-corrected chi connectivity index (χ2v) is 4.02. The fraction of sp³-hybridized carbons (Fsp3) is 0.667. The largest absolute Gasteiger partial charge is 0.324 e. The molecule has 1 aliphatic heterocycles. The normalized spacial score (nSPS) is 16.8. The van der Waals surface area contributed by atoms with E-state index in [9.17, 15) is 9.59 Å². The Morgan fingerprint density at radius 2 is 2.21 bits per heavy atom. The van der Waals surface area contributed by atoms with Crippen LogP contribution in [-0.2, 0) is 4.79 Å². The van der Waals surface area contributed by atoms with Crippen molar-refractivity contribution in [2.45, 2.75) is 20.3 Å². The Morgan fingerprint density at radius 3 is 2.64 bits per heavy atom. The van der Waals surface area contributed by atoms with Crippen molar-refractivity contribution in [1.82, 2.24) is 10.2 Å². The second-order valence-electron chi connectivity index (χ2n) is 4.02. The quantitative estimate of drug-likeness (QED) is 0.665. The zero-order valence-corrected chi connectivity index (χ0v) is 8.33. The lowest BCUT2D eigenvalue weighted by Gasteiger charge is -2.19. The van der Waals surface area contributed by atoms with Crippen molar-refractivity contribution in [3.63, 3.8) is 0 Å². The van der Waals surface area contributed by atoms with Crippen molar-refractivity contribution in [3.05, 3.63) is 0 Å². The predicted octanol–water partition coefficient (Wildman–Crippen LogP) is 0.478. The SMILES string of the molecule is CC(C)(C#N)CCN1CC(=O)NC1=O. The molecule has 3 amide bonds. The number of rotatable bonds is 3. The fourth-order valence-corrected chi connectivity index (χ4v) is 1.13. The smallest absolute Gasteiger partial charge is 0.315 e. The molecule has 1 aliphatic rings. The Balaban J connectivity index is 2.44. The van der Waals surface area contributed by atoms with Gasteiger partial charge in [-0.25, -0.2) is 4.79 Å². The van der Waals surface area contributed by atoms with Gasteiger partial charge in [-0.2, -0.15) is 5.26 Å². The lowest BCUT2D eigenvalue weighted by molar-refractivity contribution is -0.118. The van der Waals surface area contributed by atoms with Crippen molar-refractivity contribution >= 4 is 11.9 Å². The van der Waals surface area contributed by atoms with Crippen LogP contribution in [0.1, 0.15) is 20.3 Å². The number of nitrogens with one attached hydrogen (secondary N) is 1. The topological polar surface area (TPSA) is 73.2 Å². The Hall–Kier alpha value is -1.57. The number of nitrogens with zero attached hydrogens (tertiary/aromatic N) is 2. The monoisotopic (exact) mass is 195 g/mol. The number of hydrogen-bond acceptors (Lipinski definition) is 3. The Kier molecular flexibility index (Phi) is 2.75. The number of imide groups is 1. The summed E-state index contributed by atoms with van der Waals surface area (Å²) in [6, 6.07) is 1.79. The van der Waals surface area contributed by atoms with Crippen LogP contribution >= 0.6 is 0 Å². The highest BCUT2D eigenvalue weighted by Crippen LogP contribution is 2.19. The van der Waals surface area contributed by atoms with Crippen molar-refractivity contribution in [2.24, 2.45) is 5.41 Å². The van der Waals surface area contributed by atoms with Crippen LogP contribution in [0.25, 0.3) is 0 Å². The summed E-state index contributed by atoms with van der Waals surface area (Å²) in [4.78, 5) is 23.3. The van der Waals surface area contributed by atoms with Gasteiger partial charge in [0, 0.05) is 6.54 Å². The molecule has 1 fully saturated rings. The summed E-state index contributed by atoms with van der Waals surface area (Å²) >= 11 is 0. The minimum atomic E-state index is -0.452. The van der Waals surface area contributed by atoms with Gasteiger partial charge in [-0.1, -0.05) is 0 Å². The summed E-state index contributed by atoms with van der Waals surface area (Å²) < 4.78 is 0. The molecule has 0 bridgehead atoms. The molecule has 5 heteroatoms. The minimum Gasteiger partial charge on any atom is -0.315 e. The average molecular weight is 195 g/mol. The molecule has 0 atom stereocenters. The number of carbonyl (C=O) groups is 2. The first-order chi connectivity index (χ1) is 6.44. The zero-order valence-electron chi connectivity index (χ0n) is 8.33. The van der Waals surface area contributed by atoms with E-state index in [1.807, 2.05) is 13.8 Å². The van der Waals surface area contributed by atoms with E-state index in [2.05, 4.69) is 11.4 Å². The maximum Gasteiger partial charge on any atom is 0.324 e. The average Bonchev–Trinajstić information content (AvgIpc) is 2.42. The lowest BCUT2D eigenvalue weighted by Crippen LogP contribution is -2.31. The molecule has 0 saturated carbocycles. The van der Waals surface area contributed by atoms with E-state index in [1.54, 1.807) is 0 Å². The van der Waals surface area contributed by atoms with Gasteiger partial charge in [-0.05, 0) is 20.3 Å². The van der Waals surface area contributed by atoms with E-state index in [1.165, 1.54) is 4.90 Å². The van der Waals surface area contributed by atoms with Crippen LogP contribution in [0.4, 0.5) is 4.79 Å². The molecule has 0 aromatic carbocycles. The maximum atomic E-state index is 11.1. The second kappa shape index (κ2) is 3.66. The third kappa shape index (κ3) is 2.46. The van der Waals surface area contributed by atoms with Crippen LogP contribution in [0.3, 0.4) is 0 Å². The number of amides is 3. The molecule has 5 nitrogen and oxygen atoms in total. The van der Waals surface area contributed by atoms with Gasteiger partial charge in [-0.3, -0.25) is 10.1 Å². The fourth-order valence-electron chi connectivity index (χ4n) is 1.13. The zero-order chi connectivity index (χ0) is 10.8. The molecular weight excluding hydrogens is 182 g/mol. The number of carbonyl (C=O) groups excluding carboxylic acids is 2. The van der Waals surface area contributed by atoms with Gasteiger partial charge in [0.2, 0.25) is 5.91 Å². The standard InChI is InChI=1S/C9H13N3O2/c1-9(2,6-10)3-4-12-5-7(13)11-8(12)14/h3-5H2,1-2H3,(H,11,13,14). The molecular formula is C9H13N3O2. The molecule has 1 heterocycles. The van der Waals surface area contributed by atoms with E-state index in [-0.39, 0.29) is 18.5 Å². The van der Waals surface area contributed by atoms with E-state index in [0.717, 1.165) is 0 Å². The molecule has 0 spiro atoms. The molecule has 1 N–H and O–H groups in total. The first kappa shape index (κ1) is 10.5. The lowest BCUT2D eigenvalue weighted by atomic mass is 9.91. The van der Waals surface area contributed by atoms with Crippen LogP contribution in [0, 0.1) is 16.7 Å². The number of nitriles is 1. The summed E-state index contributed by atoms with van der Waals surface area (Å²) in [5, 5.41) is 10.9. The summed E-state index contributed by atoms with van der Waals surface area (Å²) in [5.41, 5.74) is -0.452. The molecule has 76 valence electrons. The Labute approximate surface area is 82.7 Å². The molecule has 1 saturated heterocycles. The summed E-state index contributed by atoms with van der Waals surface area (Å²) in [7, 11) is 0. The van der Waals surface area contributed by atoms with Crippen molar-refractivity contribution in [1.29, 1.82) is 5.26 Å². The van der Waals surface area contributed by atoms with Gasteiger partial charge in [0.05, 0.1) is 11.5 Å². The molecule has 0 radical (unpaired) electrons. The third-order valence-electron chi connectivity index (χ3n) is 2.18. The van der Waals surface area contributed by atoms with E-state index >= 15 is 0 Å². The van der Waals surface area contributed by atoms with E-state index < -0.39 is 5.41 Å². The minimum absolute atomic E-state index is 0.111. The van der Waals surface area contributed by atoms with Crippen LogP contribution in [0.15, 0.2) is 0 Å². The highest BCUT2D eigenvalue weighted by molar-refractivity contribution is 6.01. The molecule has 0 aromatic heterocycles. The molecule has 0 aromatic rings. The van der Waals surface area contributed by atoms with Gasteiger partial charge >= 0.3 is 6.03 Å². The van der Waals surface area contributed by atoms with Crippen LogP contribution in [0.5, 0.6) is 0 Å². The third-order valence-corrected chi connectivity index (χ3v) is 2.18. The Morgan fingerprint density at radius 1 is 1.57 bits per heavy atom. The molecule has 14 heavy (non-hydrogen) atoms. The van der Waals surface area contributed by atoms with Gasteiger partial charge < -0.3 is 4.90 Å². The van der Waals surface area contributed by atoms with Crippen molar-refractivity contribution < 1.29 is 9.59 Å². The summed E-state index contributed by atoms with van der Waals surface area (Å²) in [5.74, 6) is -0.273.